The highest BCUT2D eigenvalue weighted by molar-refractivity contribution is 7.90. The van der Waals surface area contributed by atoms with E-state index in [-0.39, 0.29) is 10.7 Å². The largest absolute Gasteiger partial charge is 0.340 e. The molecule has 1 aromatic carbocycles. The van der Waals surface area contributed by atoms with Crippen molar-refractivity contribution < 1.29 is 8.42 Å². The third-order valence-electron chi connectivity index (χ3n) is 4.28. The van der Waals surface area contributed by atoms with Gasteiger partial charge in [-0.1, -0.05) is 5.92 Å². The number of hydrogen-bond acceptors (Lipinski definition) is 8. The van der Waals surface area contributed by atoms with E-state index >= 15 is 0 Å². The van der Waals surface area contributed by atoms with Crippen LogP contribution in [0.5, 0.6) is 0 Å². The summed E-state index contributed by atoms with van der Waals surface area (Å²) in [4.78, 5) is 16.8. The van der Waals surface area contributed by atoms with E-state index in [9.17, 15) is 8.42 Å². The summed E-state index contributed by atoms with van der Waals surface area (Å²) in [6.07, 6.45) is 7.50. The summed E-state index contributed by atoms with van der Waals surface area (Å²) in [5, 5.41) is 13.6. The van der Waals surface area contributed by atoms with Gasteiger partial charge in [-0.05, 0) is 42.3 Å². The molecule has 0 fully saturated rings. The van der Waals surface area contributed by atoms with Gasteiger partial charge >= 0.3 is 0 Å². The minimum absolute atomic E-state index is 0.0835. The fourth-order valence-electron chi connectivity index (χ4n) is 2.75. The van der Waals surface area contributed by atoms with E-state index < -0.39 is 9.84 Å². The normalized spacial score (nSPS) is 10.7. The lowest BCUT2D eigenvalue weighted by Gasteiger charge is -2.08. The third-order valence-corrected chi connectivity index (χ3v) is 5.41. The van der Waals surface area contributed by atoms with Gasteiger partial charge in [0.25, 0.3) is 0 Å². The van der Waals surface area contributed by atoms with Crippen molar-refractivity contribution in [1.82, 2.24) is 19.9 Å². The van der Waals surface area contributed by atoms with Crippen LogP contribution in [0.25, 0.3) is 10.8 Å². The van der Waals surface area contributed by atoms with Crippen LogP contribution < -0.4 is 5.32 Å². The van der Waals surface area contributed by atoms with Gasteiger partial charge in [-0.3, -0.25) is 0 Å². The van der Waals surface area contributed by atoms with E-state index in [2.05, 4.69) is 37.1 Å². The van der Waals surface area contributed by atoms with Gasteiger partial charge in [0, 0.05) is 47.5 Å². The minimum atomic E-state index is -3.25. The molecule has 0 spiro atoms. The molecule has 4 rings (SSSR count). The molecule has 3 heterocycles. The van der Waals surface area contributed by atoms with Gasteiger partial charge in [0.1, 0.15) is 17.6 Å². The fourth-order valence-corrected chi connectivity index (χ4v) is 3.38. The molecular formula is C22H14N6O2S. The summed E-state index contributed by atoms with van der Waals surface area (Å²) in [5.74, 6) is 6.61. The fraction of sp³-hybridized carbons (Fsp3) is 0.0455. The van der Waals surface area contributed by atoms with E-state index in [1.165, 1.54) is 30.8 Å². The molecule has 0 atom stereocenters. The Kier molecular flexibility index (Phi) is 5.27. The van der Waals surface area contributed by atoms with Gasteiger partial charge in [0.05, 0.1) is 10.5 Å². The standard InChI is InChI=1S/C22H14N6O2S/c1-31(29,30)18-5-3-17(4-6-18)28-21-10-19-16(14-27-21)8-9-24-20(19)7-2-15-12-25-22(11-23)26-13-15/h3-6,8-10,12-14H,1H3,(H,27,28). The topological polar surface area (TPSA) is 122 Å². The number of nitriles is 1. The molecule has 0 radical (unpaired) electrons. The summed E-state index contributed by atoms with van der Waals surface area (Å²) in [6, 6.07) is 12.0. The zero-order valence-electron chi connectivity index (χ0n) is 16.2. The highest BCUT2D eigenvalue weighted by Crippen LogP contribution is 2.22. The number of aromatic nitrogens is 4. The van der Waals surface area contributed by atoms with Crippen LogP contribution in [0.15, 0.2) is 66.1 Å². The van der Waals surface area contributed by atoms with Crippen LogP contribution in [-0.4, -0.2) is 34.6 Å². The van der Waals surface area contributed by atoms with Crippen molar-refractivity contribution >= 4 is 32.1 Å². The third kappa shape index (κ3) is 4.64. The highest BCUT2D eigenvalue weighted by atomic mass is 32.2. The number of hydrogen-bond donors (Lipinski definition) is 1. The van der Waals surface area contributed by atoms with Crippen molar-refractivity contribution in [2.24, 2.45) is 0 Å². The van der Waals surface area contributed by atoms with Crippen molar-refractivity contribution in [3.63, 3.8) is 0 Å². The molecule has 0 bridgehead atoms. The number of anilines is 2. The minimum Gasteiger partial charge on any atom is -0.340 e. The Hall–Kier alpha value is -4.34. The monoisotopic (exact) mass is 426 g/mol. The van der Waals surface area contributed by atoms with E-state index in [1.54, 1.807) is 24.5 Å². The molecule has 0 aliphatic rings. The lowest BCUT2D eigenvalue weighted by atomic mass is 10.1. The van der Waals surface area contributed by atoms with Crippen LogP contribution in [0.4, 0.5) is 11.5 Å². The van der Waals surface area contributed by atoms with E-state index in [1.807, 2.05) is 18.2 Å². The van der Waals surface area contributed by atoms with Gasteiger partial charge in [-0.25, -0.2) is 28.4 Å². The molecular weight excluding hydrogens is 412 g/mol. The summed E-state index contributed by atoms with van der Waals surface area (Å²) < 4.78 is 23.2. The van der Waals surface area contributed by atoms with Gasteiger partial charge in [0.2, 0.25) is 5.82 Å². The quantitative estimate of drug-likeness (QED) is 0.496. The molecule has 0 aliphatic carbocycles. The maximum atomic E-state index is 11.6. The summed E-state index contributed by atoms with van der Waals surface area (Å²) in [6.45, 7) is 0. The highest BCUT2D eigenvalue weighted by Gasteiger charge is 2.07. The molecule has 0 saturated heterocycles. The number of rotatable bonds is 3. The van der Waals surface area contributed by atoms with E-state index in [4.69, 9.17) is 5.26 Å². The molecule has 1 N–H and O–H groups in total. The Morgan fingerprint density at radius 3 is 2.35 bits per heavy atom. The first kappa shape index (κ1) is 20.0. The molecule has 0 amide bonds. The van der Waals surface area contributed by atoms with Crippen molar-refractivity contribution in [1.29, 1.82) is 5.26 Å². The first-order valence-electron chi connectivity index (χ1n) is 8.98. The first-order chi connectivity index (χ1) is 14.9. The van der Waals surface area contributed by atoms with Crippen LogP contribution in [0.1, 0.15) is 17.1 Å². The number of pyridine rings is 2. The number of sulfone groups is 1. The van der Waals surface area contributed by atoms with Crippen LogP contribution in [0.2, 0.25) is 0 Å². The van der Waals surface area contributed by atoms with Crippen molar-refractivity contribution in [2.45, 2.75) is 4.90 Å². The number of nitrogens with zero attached hydrogens (tertiary/aromatic N) is 5. The van der Waals surface area contributed by atoms with E-state index in [0.717, 1.165) is 10.8 Å². The van der Waals surface area contributed by atoms with Crippen LogP contribution in [-0.2, 0) is 9.84 Å². The van der Waals surface area contributed by atoms with Gasteiger partial charge in [0.15, 0.2) is 9.84 Å². The summed E-state index contributed by atoms with van der Waals surface area (Å²) in [5.41, 5.74) is 1.82. The Morgan fingerprint density at radius 2 is 1.68 bits per heavy atom. The average molecular weight is 426 g/mol. The first-order valence-corrected chi connectivity index (χ1v) is 10.9. The smallest absolute Gasteiger partial charge is 0.232 e. The van der Waals surface area contributed by atoms with Crippen LogP contribution in [0, 0.1) is 23.2 Å². The van der Waals surface area contributed by atoms with E-state index in [0.29, 0.717) is 22.8 Å². The van der Waals surface area contributed by atoms with Gasteiger partial charge in [-0.2, -0.15) is 5.26 Å². The lowest BCUT2D eigenvalue weighted by Crippen LogP contribution is -1.98. The summed E-state index contributed by atoms with van der Waals surface area (Å²) >= 11 is 0. The average Bonchev–Trinajstić information content (AvgIpc) is 2.78. The molecule has 0 aliphatic heterocycles. The zero-order chi connectivity index (χ0) is 21.8. The maximum Gasteiger partial charge on any atom is 0.232 e. The Labute approximate surface area is 178 Å². The molecule has 0 saturated carbocycles. The summed E-state index contributed by atoms with van der Waals surface area (Å²) in [7, 11) is -3.25. The maximum absolute atomic E-state index is 11.6. The molecule has 0 unspecified atom stereocenters. The molecule has 8 nitrogen and oxygen atoms in total. The second-order valence-electron chi connectivity index (χ2n) is 6.53. The Bertz CT molecular complexity index is 1480. The van der Waals surface area contributed by atoms with Crippen molar-refractivity contribution in [3.8, 4) is 17.9 Å². The molecule has 4 aromatic rings. The van der Waals surface area contributed by atoms with Crippen LogP contribution in [0.3, 0.4) is 0 Å². The number of benzene rings is 1. The second kappa shape index (κ2) is 8.19. The van der Waals surface area contributed by atoms with Crippen molar-refractivity contribution in [2.75, 3.05) is 11.6 Å². The Morgan fingerprint density at radius 1 is 0.935 bits per heavy atom. The zero-order valence-corrected chi connectivity index (χ0v) is 17.1. The SMILES string of the molecule is CS(=O)(=O)c1ccc(Nc2cc3c(C#Cc4cnc(C#N)nc4)nccc3cn2)cc1. The van der Waals surface area contributed by atoms with Gasteiger partial charge in [-0.15, -0.1) is 0 Å². The molecule has 150 valence electrons. The van der Waals surface area contributed by atoms with Crippen molar-refractivity contribution in [3.05, 3.63) is 78.3 Å². The lowest BCUT2D eigenvalue weighted by molar-refractivity contribution is 0.602. The molecule has 9 heteroatoms. The predicted molar refractivity (Wildman–Crippen MR) is 115 cm³/mol. The molecule has 3 aromatic heterocycles. The predicted octanol–water partition coefficient (Wildman–Crippen LogP) is 2.84. The second-order valence-corrected chi connectivity index (χ2v) is 8.54. The number of nitrogens with one attached hydrogen (secondary N) is 1. The number of fused-ring (bicyclic) bond motifs is 1. The Balaban J connectivity index is 1.64. The van der Waals surface area contributed by atoms with Gasteiger partial charge < -0.3 is 5.32 Å². The van der Waals surface area contributed by atoms with Crippen LogP contribution >= 0.6 is 0 Å². The molecule has 31 heavy (non-hydrogen) atoms.